The maximum atomic E-state index is 12.4. The molecule has 1 heterocycles. The highest BCUT2D eigenvalue weighted by molar-refractivity contribution is 6.06. The molecule has 2 aromatic rings. The highest BCUT2D eigenvalue weighted by Crippen LogP contribution is 2.12. The van der Waals surface area contributed by atoms with Gasteiger partial charge in [-0.05, 0) is 49.7 Å². The summed E-state index contributed by atoms with van der Waals surface area (Å²) in [5.74, 6) is -0.670. The lowest BCUT2D eigenvalue weighted by molar-refractivity contribution is 0.0947. The van der Waals surface area contributed by atoms with Crippen LogP contribution in [0.3, 0.4) is 0 Å². The fourth-order valence-corrected chi connectivity index (χ4v) is 2.35. The van der Waals surface area contributed by atoms with E-state index in [-0.39, 0.29) is 23.3 Å². The SMILES string of the molecule is CCCCCNC(=O)c1cc(C(=O)Nc2ccc(C(C)=O)cc2)ccn1. The molecule has 0 saturated carbocycles. The summed E-state index contributed by atoms with van der Waals surface area (Å²) in [5, 5.41) is 5.54. The third-order valence-electron chi connectivity index (χ3n) is 3.87. The second-order valence-electron chi connectivity index (χ2n) is 5.98. The molecule has 0 fully saturated rings. The molecule has 0 spiro atoms. The van der Waals surface area contributed by atoms with Crippen molar-refractivity contribution in [1.29, 1.82) is 0 Å². The molecule has 1 aromatic carbocycles. The molecule has 0 aliphatic heterocycles. The van der Waals surface area contributed by atoms with Crippen LogP contribution in [0.25, 0.3) is 0 Å². The van der Waals surface area contributed by atoms with Gasteiger partial charge >= 0.3 is 0 Å². The quantitative estimate of drug-likeness (QED) is 0.562. The summed E-state index contributed by atoms with van der Waals surface area (Å²) in [6, 6.07) is 9.65. The molecule has 2 rings (SSSR count). The highest BCUT2D eigenvalue weighted by Gasteiger charge is 2.12. The Hall–Kier alpha value is -3.02. The smallest absolute Gasteiger partial charge is 0.269 e. The number of anilines is 1. The summed E-state index contributed by atoms with van der Waals surface area (Å²) in [6.07, 6.45) is 4.49. The van der Waals surface area contributed by atoms with Gasteiger partial charge in [-0.25, -0.2) is 0 Å². The molecule has 136 valence electrons. The van der Waals surface area contributed by atoms with E-state index in [1.165, 1.54) is 19.2 Å². The fourth-order valence-electron chi connectivity index (χ4n) is 2.35. The number of rotatable bonds is 8. The highest BCUT2D eigenvalue weighted by atomic mass is 16.2. The van der Waals surface area contributed by atoms with Gasteiger partial charge in [0.25, 0.3) is 11.8 Å². The summed E-state index contributed by atoms with van der Waals surface area (Å²) in [6.45, 7) is 4.17. The van der Waals surface area contributed by atoms with E-state index in [2.05, 4.69) is 22.5 Å². The number of carbonyl (C=O) groups excluding carboxylic acids is 3. The van der Waals surface area contributed by atoms with Gasteiger partial charge in [0.2, 0.25) is 0 Å². The van der Waals surface area contributed by atoms with Crippen LogP contribution in [-0.2, 0) is 0 Å². The van der Waals surface area contributed by atoms with Crippen molar-refractivity contribution >= 4 is 23.3 Å². The van der Waals surface area contributed by atoms with E-state index >= 15 is 0 Å². The molecule has 0 aliphatic rings. The number of hydrogen-bond donors (Lipinski definition) is 2. The van der Waals surface area contributed by atoms with Gasteiger partial charge in [0, 0.05) is 29.6 Å². The molecule has 0 saturated heterocycles. The Morgan fingerprint density at radius 3 is 2.35 bits per heavy atom. The molecule has 6 nitrogen and oxygen atoms in total. The predicted octanol–water partition coefficient (Wildman–Crippen LogP) is 3.46. The van der Waals surface area contributed by atoms with Gasteiger partial charge in [-0.1, -0.05) is 19.8 Å². The van der Waals surface area contributed by atoms with Gasteiger partial charge in [-0.15, -0.1) is 0 Å². The van der Waals surface area contributed by atoms with E-state index < -0.39 is 0 Å². The fraction of sp³-hybridized carbons (Fsp3) is 0.300. The largest absolute Gasteiger partial charge is 0.351 e. The first-order chi connectivity index (χ1) is 12.5. The van der Waals surface area contributed by atoms with E-state index in [0.717, 1.165) is 19.3 Å². The van der Waals surface area contributed by atoms with Crippen molar-refractivity contribution in [3.05, 3.63) is 59.4 Å². The van der Waals surface area contributed by atoms with Crippen LogP contribution in [0.2, 0.25) is 0 Å². The number of nitrogens with one attached hydrogen (secondary N) is 2. The van der Waals surface area contributed by atoms with Crippen LogP contribution in [0.1, 0.15) is 64.3 Å². The van der Waals surface area contributed by atoms with E-state index in [1.54, 1.807) is 30.3 Å². The molecule has 6 heteroatoms. The van der Waals surface area contributed by atoms with Crippen LogP contribution in [0.15, 0.2) is 42.6 Å². The number of ketones is 1. The van der Waals surface area contributed by atoms with Gasteiger partial charge < -0.3 is 10.6 Å². The number of Topliss-reactive ketones (excluding diaryl/α,β-unsaturated/α-hetero) is 1. The zero-order valence-electron chi connectivity index (χ0n) is 15.0. The maximum Gasteiger partial charge on any atom is 0.269 e. The molecule has 0 radical (unpaired) electrons. The minimum absolute atomic E-state index is 0.0356. The maximum absolute atomic E-state index is 12.4. The average molecular weight is 353 g/mol. The van der Waals surface area contributed by atoms with Crippen LogP contribution >= 0.6 is 0 Å². The van der Waals surface area contributed by atoms with E-state index in [1.807, 2.05) is 0 Å². The Morgan fingerprint density at radius 1 is 0.962 bits per heavy atom. The Labute approximate surface area is 153 Å². The molecule has 0 aliphatic carbocycles. The molecule has 1 aromatic heterocycles. The van der Waals surface area contributed by atoms with Crippen molar-refractivity contribution < 1.29 is 14.4 Å². The number of aromatic nitrogens is 1. The summed E-state index contributed by atoms with van der Waals surface area (Å²) in [7, 11) is 0. The number of amides is 2. The van der Waals surface area contributed by atoms with Gasteiger partial charge in [0.15, 0.2) is 5.78 Å². The van der Waals surface area contributed by atoms with Crippen molar-refractivity contribution in [3.8, 4) is 0 Å². The number of benzene rings is 1. The molecule has 2 amide bonds. The zero-order chi connectivity index (χ0) is 18.9. The van der Waals surface area contributed by atoms with Gasteiger partial charge in [-0.3, -0.25) is 19.4 Å². The van der Waals surface area contributed by atoms with Crippen LogP contribution in [0, 0.1) is 0 Å². The van der Waals surface area contributed by atoms with Gasteiger partial charge in [-0.2, -0.15) is 0 Å². The van der Waals surface area contributed by atoms with E-state index in [0.29, 0.717) is 23.4 Å². The number of carbonyl (C=O) groups is 3. The Bertz CT molecular complexity index is 785. The lowest BCUT2D eigenvalue weighted by Gasteiger charge is -2.08. The first-order valence-corrected chi connectivity index (χ1v) is 8.68. The average Bonchev–Trinajstić information content (AvgIpc) is 2.65. The normalized spacial score (nSPS) is 10.2. The first kappa shape index (κ1) is 19.3. The van der Waals surface area contributed by atoms with Crippen molar-refractivity contribution in [2.45, 2.75) is 33.1 Å². The third kappa shape index (κ3) is 5.51. The number of unbranched alkanes of at least 4 members (excludes halogenated alkanes) is 2. The second-order valence-corrected chi connectivity index (χ2v) is 5.98. The molecular formula is C20H23N3O3. The van der Waals surface area contributed by atoms with Crippen LogP contribution in [0.5, 0.6) is 0 Å². The molecule has 0 atom stereocenters. The van der Waals surface area contributed by atoms with Crippen LogP contribution in [-0.4, -0.2) is 29.1 Å². The monoisotopic (exact) mass is 353 g/mol. The number of hydrogen-bond acceptors (Lipinski definition) is 4. The molecule has 26 heavy (non-hydrogen) atoms. The van der Waals surface area contributed by atoms with E-state index in [4.69, 9.17) is 0 Å². The van der Waals surface area contributed by atoms with Crippen molar-refractivity contribution in [2.24, 2.45) is 0 Å². The summed E-state index contributed by atoms with van der Waals surface area (Å²) in [4.78, 5) is 39.8. The summed E-state index contributed by atoms with van der Waals surface area (Å²) >= 11 is 0. The number of nitrogens with zero attached hydrogens (tertiary/aromatic N) is 1. The topological polar surface area (TPSA) is 88.2 Å². The third-order valence-corrected chi connectivity index (χ3v) is 3.87. The van der Waals surface area contributed by atoms with Crippen molar-refractivity contribution in [2.75, 3.05) is 11.9 Å². The Balaban J connectivity index is 2.00. The predicted molar refractivity (Wildman–Crippen MR) is 100 cm³/mol. The Morgan fingerprint density at radius 2 is 1.69 bits per heavy atom. The standard InChI is InChI=1S/C20H23N3O3/c1-3-4-5-11-22-20(26)18-13-16(10-12-21-18)19(25)23-17-8-6-15(7-9-17)14(2)24/h6-10,12-13H,3-5,11H2,1-2H3,(H,22,26)(H,23,25). The molecular weight excluding hydrogens is 330 g/mol. The minimum atomic E-state index is -0.344. The molecule has 0 unspecified atom stereocenters. The lowest BCUT2D eigenvalue weighted by Crippen LogP contribution is -2.25. The lowest BCUT2D eigenvalue weighted by atomic mass is 10.1. The second kappa shape index (κ2) is 9.46. The van der Waals surface area contributed by atoms with Crippen LogP contribution < -0.4 is 10.6 Å². The van der Waals surface area contributed by atoms with Crippen molar-refractivity contribution in [3.63, 3.8) is 0 Å². The minimum Gasteiger partial charge on any atom is -0.351 e. The summed E-state index contributed by atoms with van der Waals surface area (Å²) in [5.41, 5.74) is 1.70. The van der Waals surface area contributed by atoms with Gasteiger partial charge in [0.1, 0.15) is 5.69 Å². The first-order valence-electron chi connectivity index (χ1n) is 8.68. The van der Waals surface area contributed by atoms with Crippen molar-refractivity contribution in [1.82, 2.24) is 10.3 Å². The number of pyridine rings is 1. The summed E-state index contributed by atoms with van der Waals surface area (Å²) < 4.78 is 0. The zero-order valence-corrected chi connectivity index (χ0v) is 15.0. The molecule has 0 bridgehead atoms. The Kier molecular flexibility index (Phi) is 7.02. The molecule has 2 N–H and O–H groups in total. The van der Waals surface area contributed by atoms with Crippen LogP contribution in [0.4, 0.5) is 5.69 Å². The van der Waals surface area contributed by atoms with Gasteiger partial charge in [0.05, 0.1) is 0 Å². The van der Waals surface area contributed by atoms with E-state index in [9.17, 15) is 14.4 Å².